The third kappa shape index (κ3) is 6.63. The second-order valence-electron chi connectivity index (χ2n) is 0.929. The number of carbonyl (C=O) groups is 1. The molecule has 0 unspecified atom stereocenters. The first-order valence-electron chi connectivity index (χ1n) is 1.77. The quantitative estimate of drug-likeness (QED) is 0.251. The topological polar surface area (TPSA) is 98.9 Å². The van der Waals surface area contributed by atoms with E-state index in [9.17, 15) is 14.9 Å². The van der Waals surface area contributed by atoms with Crippen LogP contribution in [0.25, 0.3) is 0 Å². The van der Waals surface area contributed by atoms with Crippen LogP contribution >= 0.6 is 0 Å². The van der Waals surface area contributed by atoms with Crippen LogP contribution in [0.3, 0.4) is 0 Å². The summed E-state index contributed by atoms with van der Waals surface area (Å²) in [6, 6.07) is 0. The van der Waals surface area contributed by atoms with Crippen molar-refractivity contribution in [2.45, 2.75) is 0 Å². The fraction of sp³-hybridized carbons (Fsp3) is 0.500. The summed E-state index contributed by atoms with van der Waals surface area (Å²) in [4.78, 5) is 24.8. The Hall–Kier alpha value is -1.37. The monoisotopic (exact) mass is 137 g/mol. The average molecular weight is 137 g/mol. The van der Waals surface area contributed by atoms with Gasteiger partial charge in [-0.15, -0.1) is 4.89 Å². The van der Waals surface area contributed by atoms with E-state index >= 15 is 0 Å². The van der Waals surface area contributed by atoms with Gasteiger partial charge in [-0.3, -0.25) is 15.0 Å². The Kier molecular flexibility index (Phi) is 3.06. The molecule has 0 atom stereocenters. The van der Waals surface area contributed by atoms with Crippen LogP contribution in [0.5, 0.6) is 0 Å². The van der Waals surface area contributed by atoms with E-state index < -0.39 is 17.8 Å². The Labute approximate surface area is 48.9 Å². The number of carboxylic acid groups (broad SMARTS) is 1. The fourth-order valence-electron chi connectivity index (χ4n) is 0.120. The van der Waals surface area contributed by atoms with Gasteiger partial charge in [-0.25, -0.2) is 4.79 Å². The van der Waals surface area contributed by atoms with Gasteiger partial charge in [-0.2, -0.15) is 0 Å². The molecule has 0 saturated heterocycles. The SMILES string of the molecule is O=C(O)OOC[N+](=O)[O-]. The molecular formula is C2H3NO6. The number of rotatable bonds is 3. The average Bonchev–Trinajstić information content (AvgIpc) is 1.63. The summed E-state index contributed by atoms with van der Waals surface area (Å²) in [6.07, 6.45) is -1.71. The van der Waals surface area contributed by atoms with Crippen LogP contribution in [0.4, 0.5) is 4.79 Å². The van der Waals surface area contributed by atoms with Crippen molar-refractivity contribution >= 4 is 6.16 Å². The summed E-state index contributed by atoms with van der Waals surface area (Å²) >= 11 is 0. The molecule has 52 valence electrons. The first kappa shape index (κ1) is 7.63. The van der Waals surface area contributed by atoms with Crippen LogP contribution in [-0.2, 0) is 9.78 Å². The summed E-state index contributed by atoms with van der Waals surface area (Å²) < 4.78 is 0. The lowest BCUT2D eigenvalue weighted by atomic mass is 11.3. The molecule has 1 N–H and O–H groups in total. The Balaban J connectivity index is 3.10. The molecule has 9 heavy (non-hydrogen) atoms. The number of nitro groups is 1. The molecule has 0 aromatic carbocycles. The maximum atomic E-state index is 9.41. The summed E-state index contributed by atoms with van der Waals surface area (Å²) in [6.45, 7) is -0.980. The third-order valence-electron chi connectivity index (χ3n) is 0.288. The lowest BCUT2D eigenvalue weighted by Crippen LogP contribution is -2.09. The molecule has 0 aromatic heterocycles. The highest BCUT2D eigenvalue weighted by Gasteiger charge is 2.00. The van der Waals surface area contributed by atoms with Crippen LogP contribution in [0.2, 0.25) is 0 Å². The second-order valence-corrected chi connectivity index (χ2v) is 0.929. The molecule has 0 bridgehead atoms. The molecule has 0 heterocycles. The lowest BCUT2D eigenvalue weighted by Gasteiger charge is -1.91. The maximum absolute atomic E-state index is 9.41. The van der Waals surface area contributed by atoms with Crippen molar-refractivity contribution < 1.29 is 24.6 Å². The highest BCUT2D eigenvalue weighted by atomic mass is 17.2. The molecule has 7 heteroatoms. The Morgan fingerprint density at radius 3 is 2.67 bits per heavy atom. The molecule has 0 amide bonds. The molecule has 0 rings (SSSR count). The Bertz CT molecular complexity index is 106. The predicted molar refractivity (Wildman–Crippen MR) is 22.1 cm³/mol. The van der Waals surface area contributed by atoms with Crippen LogP contribution in [-0.4, -0.2) is 22.9 Å². The van der Waals surface area contributed by atoms with Crippen molar-refractivity contribution in [3.63, 3.8) is 0 Å². The normalized spacial score (nSPS) is 8.44. The maximum Gasteiger partial charge on any atom is 0.538 e. The van der Waals surface area contributed by atoms with E-state index in [0.717, 1.165) is 0 Å². The minimum Gasteiger partial charge on any atom is -0.448 e. The van der Waals surface area contributed by atoms with Crippen LogP contribution in [0.1, 0.15) is 0 Å². The summed E-state index contributed by atoms with van der Waals surface area (Å²) in [5, 5.41) is 17.0. The van der Waals surface area contributed by atoms with Gasteiger partial charge in [0.05, 0.1) is 4.92 Å². The second kappa shape index (κ2) is 3.61. The van der Waals surface area contributed by atoms with Gasteiger partial charge in [0.1, 0.15) is 0 Å². The van der Waals surface area contributed by atoms with E-state index in [4.69, 9.17) is 5.11 Å². The van der Waals surface area contributed by atoms with Crippen molar-refractivity contribution in [2.24, 2.45) is 0 Å². The summed E-state index contributed by atoms with van der Waals surface area (Å²) in [5.41, 5.74) is 0. The standard InChI is InChI=1S/C2H3NO6/c4-2(5)9-8-1-3(6)7/h1H2,(H,4,5). The Morgan fingerprint density at radius 2 is 2.33 bits per heavy atom. The van der Waals surface area contributed by atoms with Gasteiger partial charge in [0.15, 0.2) is 0 Å². The van der Waals surface area contributed by atoms with Gasteiger partial charge >= 0.3 is 12.9 Å². The van der Waals surface area contributed by atoms with Crippen molar-refractivity contribution in [1.82, 2.24) is 0 Å². The van der Waals surface area contributed by atoms with Crippen molar-refractivity contribution in [2.75, 3.05) is 6.73 Å². The summed E-state index contributed by atoms with van der Waals surface area (Å²) in [7, 11) is 0. The van der Waals surface area contributed by atoms with Crippen molar-refractivity contribution in [1.29, 1.82) is 0 Å². The molecule has 0 saturated carbocycles. The molecular weight excluding hydrogens is 134 g/mol. The van der Waals surface area contributed by atoms with Gasteiger partial charge in [-0.05, 0) is 0 Å². The van der Waals surface area contributed by atoms with E-state index in [1.54, 1.807) is 0 Å². The van der Waals surface area contributed by atoms with E-state index in [1.165, 1.54) is 0 Å². The molecule has 0 aliphatic carbocycles. The number of nitrogens with zero attached hydrogens (tertiary/aromatic N) is 1. The first-order chi connectivity index (χ1) is 4.13. The zero-order chi connectivity index (χ0) is 7.28. The fourth-order valence-corrected chi connectivity index (χ4v) is 0.120. The largest absolute Gasteiger partial charge is 0.538 e. The Morgan fingerprint density at radius 1 is 1.78 bits per heavy atom. The number of hydrogen-bond donors (Lipinski definition) is 1. The van der Waals surface area contributed by atoms with Crippen LogP contribution in [0, 0.1) is 10.1 Å². The minimum atomic E-state index is -1.71. The molecule has 0 radical (unpaired) electrons. The first-order valence-corrected chi connectivity index (χ1v) is 1.77. The van der Waals surface area contributed by atoms with E-state index in [1.807, 2.05) is 0 Å². The highest BCUT2D eigenvalue weighted by Crippen LogP contribution is 1.78. The van der Waals surface area contributed by atoms with Crippen LogP contribution in [0.15, 0.2) is 0 Å². The predicted octanol–water partition coefficient (Wildman–Crippen LogP) is -0.153. The lowest BCUT2D eigenvalue weighted by molar-refractivity contribution is -0.564. The summed E-state index contributed by atoms with van der Waals surface area (Å²) in [5.74, 6) is 0. The zero-order valence-corrected chi connectivity index (χ0v) is 4.14. The molecule has 0 spiro atoms. The van der Waals surface area contributed by atoms with Gasteiger partial charge in [0.25, 0.3) is 0 Å². The van der Waals surface area contributed by atoms with Gasteiger partial charge in [-0.1, -0.05) is 0 Å². The third-order valence-corrected chi connectivity index (χ3v) is 0.288. The smallest absolute Gasteiger partial charge is 0.448 e. The van der Waals surface area contributed by atoms with E-state index in [2.05, 4.69) is 9.78 Å². The molecule has 0 aromatic rings. The molecule has 0 fully saturated rings. The van der Waals surface area contributed by atoms with Crippen molar-refractivity contribution in [3.8, 4) is 0 Å². The number of hydrogen-bond acceptors (Lipinski definition) is 5. The minimum absolute atomic E-state index is 0.872. The van der Waals surface area contributed by atoms with Gasteiger partial charge < -0.3 is 5.11 Å². The highest BCUT2D eigenvalue weighted by molar-refractivity contribution is 5.55. The van der Waals surface area contributed by atoms with Crippen molar-refractivity contribution in [3.05, 3.63) is 10.1 Å². The van der Waals surface area contributed by atoms with Crippen LogP contribution < -0.4 is 0 Å². The van der Waals surface area contributed by atoms with E-state index in [0.29, 0.717) is 0 Å². The van der Waals surface area contributed by atoms with Gasteiger partial charge in [0.2, 0.25) is 0 Å². The zero-order valence-electron chi connectivity index (χ0n) is 4.14. The molecule has 0 aliphatic rings. The molecule has 7 nitrogen and oxygen atoms in total. The molecule has 0 aliphatic heterocycles. The van der Waals surface area contributed by atoms with Gasteiger partial charge in [0, 0.05) is 0 Å². The van der Waals surface area contributed by atoms with E-state index in [-0.39, 0.29) is 0 Å².